The lowest BCUT2D eigenvalue weighted by Gasteiger charge is -2.42. The lowest BCUT2D eigenvalue weighted by Crippen LogP contribution is -2.60. The Morgan fingerprint density at radius 3 is 2.08 bits per heavy atom. The first kappa shape index (κ1) is 29.5. The van der Waals surface area contributed by atoms with Crippen molar-refractivity contribution in [1.82, 2.24) is 4.57 Å². The zero-order valence-corrected chi connectivity index (χ0v) is 30.6. The Morgan fingerprint density at radius 2 is 1.25 bits per heavy atom. The minimum absolute atomic E-state index is 0.0164. The molecule has 5 heteroatoms. The van der Waals surface area contributed by atoms with Gasteiger partial charge in [0.2, 0.25) is 0 Å². The minimum atomic E-state index is -0.0753. The van der Waals surface area contributed by atoms with Crippen LogP contribution in [0, 0.1) is 0 Å². The third kappa shape index (κ3) is 3.85. The molecule has 0 N–H and O–H groups in total. The number of benzene rings is 6. The van der Waals surface area contributed by atoms with Crippen molar-refractivity contribution >= 4 is 105 Å². The molecule has 51 heavy (non-hydrogen) atoms. The molecule has 0 saturated heterocycles. The van der Waals surface area contributed by atoms with E-state index in [9.17, 15) is 0 Å². The number of hydrogen-bond donors (Lipinski definition) is 0. The molecule has 0 atom stereocenters. The largest absolute Gasteiger partial charge is 0.454 e. The predicted molar refractivity (Wildman–Crippen MR) is 220 cm³/mol. The smallest absolute Gasteiger partial charge is 0.252 e. The van der Waals surface area contributed by atoms with Crippen LogP contribution in [0.15, 0.2) is 120 Å². The second kappa shape index (κ2) is 9.74. The summed E-state index contributed by atoms with van der Waals surface area (Å²) in [4.78, 5) is 3.86. The highest BCUT2D eigenvalue weighted by atomic mass is 32.1. The van der Waals surface area contributed by atoms with Crippen LogP contribution in [0.1, 0.15) is 52.7 Å². The Hall–Kier alpha value is -5.26. The molecule has 9 aromatic rings. The van der Waals surface area contributed by atoms with Gasteiger partial charge in [-0.25, -0.2) is 0 Å². The summed E-state index contributed by atoms with van der Waals surface area (Å²) in [6.45, 7) is 14.1. The first-order valence-corrected chi connectivity index (χ1v) is 18.9. The summed E-state index contributed by atoms with van der Waals surface area (Å²) < 4.78 is 10.7. The predicted octanol–water partition coefficient (Wildman–Crippen LogP) is 11.1. The van der Waals surface area contributed by atoms with Gasteiger partial charge >= 0.3 is 0 Å². The monoisotopic (exact) mass is 676 g/mol. The molecule has 0 radical (unpaired) electrons. The normalized spacial score (nSPS) is 14.0. The van der Waals surface area contributed by atoms with E-state index in [1.54, 1.807) is 0 Å². The van der Waals surface area contributed by atoms with Gasteiger partial charge in [-0.2, -0.15) is 0 Å². The van der Waals surface area contributed by atoms with Gasteiger partial charge in [0.15, 0.2) is 5.58 Å². The van der Waals surface area contributed by atoms with Crippen molar-refractivity contribution in [3.63, 3.8) is 0 Å². The molecule has 3 aromatic heterocycles. The summed E-state index contributed by atoms with van der Waals surface area (Å²) in [6.07, 6.45) is 0. The van der Waals surface area contributed by atoms with Crippen molar-refractivity contribution in [2.45, 2.75) is 52.4 Å². The molecule has 0 spiro atoms. The Labute approximate surface area is 301 Å². The highest BCUT2D eigenvalue weighted by Crippen LogP contribution is 2.48. The number of nitrogens with zero attached hydrogens (tertiary/aromatic N) is 2. The molecule has 0 fully saturated rings. The van der Waals surface area contributed by atoms with Crippen molar-refractivity contribution in [3.05, 3.63) is 126 Å². The molecule has 2 aliphatic rings. The van der Waals surface area contributed by atoms with Crippen molar-refractivity contribution in [3.8, 4) is 5.69 Å². The maximum atomic E-state index is 6.80. The van der Waals surface area contributed by atoms with E-state index in [1.807, 2.05) is 11.3 Å². The quantitative estimate of drug-likeness (QED) is 0.161. The van der Waals surface area contributed by atoms with Gasteiger partial charge in [-0.1, -0.05) is 120 Å². The third-order valence-electron chi connectivity index (χ3n) is 11.5. The summed E-state index contributed by atoms with van der Waals surface area (Å²) >= 11 is 1.92. The van der Waals surface area contributed by atoms with Gasteiger partial charge in [0.25, 0.3) is 6.71 Å². The van der Waals surface area contributed by atoms with Crippen LogP contribution in [0.3, 0.4) is 0 Å². The summed E-state index contributed by atoms with van der Waals surface area (Å²) in [6, 6.07) is 43.3. The summed E-state index contributed by atoms with van der Waals surface area (Å²) in [7, 11) is 0. The van der Waals surface area contributed by atoms with Crippen LogP contribution >= 0.6 is 11.3 Å². The molecule has 0 aliphatic carbocycles. The average Bonchev–Trinajstić information content (AvgIpc) is 3.78. The van der Waals surface area contributed by atoms with Crippen LogP contribution in [-0.2, 0) is 10.8 Å². The fourth-order valence-corrected chi connectivity index (χ4v) is 10.2. The van der Waals surface area contributed by atoms with Gasteiger partial charge in [-0.05, 0) is 74.7 Å². The van der Waals surface area contributed by atoms with E-state index < -0.39 is 0 Å². The molecule has 246 valence electrons. The van der Waals surface area contributed by atoms with Crippen LogP contribution in [0.5, 0.6) is 0 Å². The van der Waals surface area contributed by atoms with E-state index >= 15 is 0 Å². The van der Waals surface area contributed by atoms with E-state index in [1.165, 1.54) is 75.8 Å². The third-order valence-corrected chi connectivity index (χ3v) is 12.7. The highest BCUT2D eigenvalue weighted by molar-refractivity contribution is 7.26. The molecule has 0 amide bonds. The molecule has 5 heterocycles. The fourth-order valence-electron chi connectivity index (χ4n) is 8.97. The Kier molecular flexibility index (Phi) is 5.63. The number of anilines is 3. The lowest BCUT2D eigenvalue weighted by molar-refractivity contribution is 0.590. The Morgan fingerprint density at radius 1 is 0.569 bits per heavy atom. The van der Waals surface area contributed by atoms with E-state index in [4.69, 9.17) is 4.42 Å². The molecular formula is C46H37BN2OS. The second-order valence-corrected chi connectivity index (χ2v) is 17.6. The van der Waals surface area contributed by atoms with Crippen LogP contribution in [0.2, 0.25) is 0 Å². The van der Waals surface area contributed by atoms with Crippen molar-refractivity contribution in [2.24, 2.45) is 0 Å². The summed E-state index contributed by atoms with van der Waals surface area (Å²) in [5.74, 6) is 0. The van der Waals surface area contributed by atoms with Gasteiger partial charge in [0.05, 0.1) is 11.2 Å². The van der Waals surface area contributed by atoms with E-state index in [0.717, 1.165) is 27.6 Å². The van der Waals surface area contributed by atoms with Gasteiger partial charge in [0, 0.05) is 48.7 Å². The average molecular weight is 677 g/mol. The van der Waals surface area contributed by atoms with Gasteiger partial charge in [0.1, 0.15) is 10.4 Å². The lowest BCUT2D eigenvalue weighted by atomic mass is 9.33. The van der Waals surface area contributed by atoms with Gasteiger partial charge in [-0.15, -0.1) is 11.3 Å². The van der Waals surface area contributed by atoms with Crippen LogP contribution in [0.4, 0.5) is 17.1 Å². The number of hydrogen-bond acceptors (Lipinski definition) is 3. The molecule has 3 nitrogen and oxygen atoms in total. The summed E-state index contributed by atoms with van der Waals surface area (Å²) in [5, 5.41) is 6.34. The van der Waals surface area contributed by atoms with Crippen molar-refractivity contribution in [2.75, 3.05) is 4.90 Å². The number of rotatable bonds is 1. The number of fused-ring (bicyclic) bond motifs is 12. The molecule has 0 bridgehead atoms. The first-order chi connectivity index (χ1) is 24.6. The van der Waals surface area contributed by atoms with E-state index in [-0.39, 0.29) is 17.5 Å². The fraction of sp³-hybridized carbons (Fsp3) is 0.174. The Bertz CT molecular complexity index is 2960. The summed E-state index contributed by atoms with van der Waals surface area (Å²) in [5.41, 5.74) is 14.6. The number of para-hydroxylation sites is 3. The maximum absolute atomic E-state index is 6.80. The molecule has 11 rings (SSSR count). The van der Waals surface area contributed by atoms with E-state index in [2.05, 4.69) is 166 Å². The minimum Gasteiger partial charge on any atom is -0.454 e. The molecular weight excluding hydrogens is 639 g/mol. The maximum Gasteiger partial charge on any atom is 0.252 e. The zero-order chi connectivity index (χ0) is 34.6. The second-order valence-electron chi connectivity index (χ2n) is 16.6. The van der Waals surface area contributed by atoms with Crippen molar-refractivity contribution < 1.29 is 4.42 Å². The van der Waals surface area contributed by atoms with Crippen molar-refractivity contribution in [1.29, 1.82) is 0 Å². The van der Waals surface area contributed by atoms with Crippen LogP contribution in [-0.4, -0.2) is 11.3 Å². The topological polar surface area (TPSA) is 21.3 Å². The first-order valence-electron chi connectivity index (χ1n) is 18.1. The standard InChI is InChI=1S/C46H37BN2OS/c1-45(2,3)26-21-22-32-35(23-26)48(34-18-12-15-29-28-13-7-9-19-38(28)50-43(29)34)36-24-27(46(4,5)6)25-37-41(36)47(32)33-17-11-16-31-40-30-14-8-10-20-39(30)51-44(40)49(37)42(31)33/h7-25H,1-6H3. The molecule has 2 aliphatic heterocycles. The Balaban J connectivity index is 1.34. The zero-order valence-electron chi connectivity index (χ0n) is 29.8. The van der Waals surface area contributed by atoms with Gasteiger partial charge < -0.3 is 13.9 Å². The molecule has 6 aromatic carbocycles. The number of furan rings is 1. The van der Waals surface area contributed by atoms with Gasteiger partial charge in [-0.3, -0.25) is 0 Å². The molecule has 0 saturated carbocycles. The molecule has 0 unspecified atom stereocenters. The highest BCUT2D eigenvalue weighted by Gasteiger charge is 2.44. The SMILES string of the molecule is CC(C)(C)c1ccc2c(c1)N(c1cccc3c1oc1ccccc13)c1cc(C(C)(C)C)cc3c1B2c1cccc2c4c5ccccc5sc4n-3c12. The van der Waals surface area contributed by atoms with Crippen LogP contribution in [0.25, 0.3) is 58.8 Å². The number of aromatic nitrogens is 1. The van der Waals surface area contributed by atoms with Crippen LogP contribution < -0.4 is 21.3 Å². The number of thiophene rings is 1. The van der Waals surface area contributed by atoms with E-state index in [0.29, 0.717) is 0 Å².